The first-order chi connectivity index (χ1) is 12.6. The number of nitrogens with zero attached hydrogens (tertiary/aromatic N) is 3. The fourth-order valence-corrected chi connectivity index (χ4v) is 3.02. The molecule has 2 aromatic heterocycles. The Morgan fingerprint density at radius 1 is 1.35 bits per heavy atom. The van der Waals surface area contributed by atoms with Crippen LogP contribution < -0.4 is 5.32 Å². The number of fused-ring (bicyclic) bond motifs is 1. The van der Waals surface area contributed by atoms with Crippen LogP contribution in [0.5, 0.6) is 0 Å². The summed E-state index contributed by atoms with van der Waals surface area (Å²) >= 11 is 0. The Morgan fingerprint density at radius 3 is 3.04 bits per heavy atom. The van der Waals surface area contributed by atoms with E-state index >= 15 is 0 Å². The van der Waals surface area contributed by atoms with Crippen molar-refractivity contribution in [1.29, 1.82) is 0 Å². The smallest absolute Gasteiger partial charge is 0.255 e. The highest BCUT2D eigenvalue weighted by Crippen LogP contribution is 2.27. The van der Waals surface area contributed by atoms with E-state index in [-0.39, 0.29) is 18.6 Å². The van der Waals surface area contributed by atoms with Gasteiger partial charge in [0.05, 0.1) is 17.6 Å². The number of nitrogens with one attached hydrogen (secondary N) is 1. The lowest BCUT2D eigenvalue weighted by Crippen LogP contribution is -2.24. The first kappa shape index (κ1) is 16.6. The maximum Gasteiger partial charge on any atom is 0.255 e. The predicted octanol–water partition coefficient (Wildman–Crippen LogP) is 2.85. The van der Waals surface area contributed by atoms with Crippen molar-refractivity contribution in [2.24, 2.45) is 0 Å². The van der Waals surface area contributed by atoms with Crippen molar-refractivity contribution >= 4 is 16.8 Å². The minimum absolute atomic E-state index is 0.124. The second-order valence-electron chi connectivity index (χ2n) is 6.21. The molecule has 0 spiro atoms. The van der Waals surface area contributed by atoms with Gasteiger partial charge >= 0.3 is 0 Å². The summed E-state index contributed by atoms with van der Waals surface area (Å²) in [7, 11) is 0. The zero-order valence-corrected chi connectivity index (χ0v) is 14.2. The Labute approximate surface area is 148 Å². The monoisotopic (exact) mass is 356 g/mol. The molecule has 0 bridgehead atoms. The standard InChI is InChI=1S/C18H17FN4O3/c1-10-7-13(12-5-4-11(19)8-14(12)21-10)17(24)20-9-16-22-18(26-23-16)15-3-2-6-25-15/h4-5,7-8,15H,2-3,6,9H2,1H3,(H,20,24)/t15-/m0/s1. The van der Waals surface area contributed by atoms with Crippen LogP contribution in [0.25, 0.3) is 10.9 Å². The summed E-state index contributed by atoms with van der Waals surface area (Å²) in [5, 5.41) is 7.23. The minimum atomic E-state index is -0.393. The topological polar surface area (TPSA) is 90.1 Å². The number of pyridine rings is 1. The molecule has 0 saturated carbocycles. The van der Waals surface area contributed by atoms with Crippen LogP contribution in [0.15, 0.2) is 28.8 Å². The lowest BCUT2D eigenvalue weighted by molar-refractivity contribution is 0.0835. The van der Waals surface area contributed by atoms with Crippen LogP contribution in [-0.2, 0) is 11.3 Å². The third kappa shape index (κ3) is 3.28. The quantitative estimate of drug-likeness (QED) is 0.773. The first-order valence-electron chi connectivity index (χ1n) is 8.39. The molecule has 1 saturated heterocycles. The molecule has 1 amide bonds. The van der Waals surface area contributed by atoms with Gasteiger partial charge < -0.3 is 14.6 Å². The molecule has 1 aliphatic heterocycles. The molecule has 3 aromatic rings. The zero-order valence-electron chi connectivity index (χ0n) is 14.2. The minimum Gasteiger partial charge on any atom is -0.368 e. The van der Waals surface area contributed by atoms with Crippen LogP contribution in [0.2, 0.25) is 0 Å². The Morgan fingerprint density at radius 2 is 2.23 bits per heavy atom. The van der Waals surface area contributed by atoms with Gasteiger partial charge in [-0.15, -0.1) is 0 Å². The summed E-state index contributed by atoms with van der Waals surface area (Å²) in [6, 6.07) is 5.84. The number of benzene rings is 1. The van der Waals surface area contributed by atoms with Gasteiger partial charge in [0.15, 0.2) is 5.82 Å². The molecule has 8 heteroatoms. The van der Waals surface area contributed by atoms with Crippen LogP contribution in [-0.4, -0.2) is 27.6 Å². The molecule has 4 rings (SSSR count). The van der Waals surface area contributed by atoms with Gasteiger partial charge in [0.2, 0.25) is 0 Å². The second kappa shape index (κ2) is 6.80. The Bertz CT molecular complexity index is 961. The highest BCUT2D eigenvalue weighted by molar-refractivity contribution is 6.06. The van der Waals surface area contributed by atoms with Gasteiger partial charge in [-0.2, -0.15) is 4.98 Å². The van der Waals surface area contributed by atoms with Crippen molar-refractivity contribution in [2.45, 2.75) is 32.4 Å². The normalized spacial score (nSPS) is 16.9. The molecular weight excluding hydrogens is 339 g/mol. The van der Waals surface area contributed by atoms with E-state index in [1.165, 1.54) is 12.1 Å². The molecule has 134 valence electrons. The number of carbonyl (C=O) groups is 1. The number of amides is 1. The fourth-order valence-electron chi connectivity index (χ4n) is 3.02. The van der Waals surface area contributed by atoms with Crippen LogP contribution in [0.4, 0.5) is 4.39 Å². The van der Waals surface area contributed by atoms with Crippen LogP contribution in [0.1, 0.15) is 46.7 Å². The van der Waals surface area contributed by atoms with Crippen molar-refractivity contribution in [3.63, 3.8) is 0 Å². The van der Waals surface area contributed by atoms with E-state index in [9.17, 15) is 9.18 Å². The van der Waals surface area contributed by atoms with Crippen molar-refractivity contribution in [2.75, 3.05) is 6.61 Å². The molecule has 0 aliphatic carbocycles. The van der Waals surface area contributed by atoms with Crippen LogP contribution in [0, 0.1) is 12.7 Å². The second-order valence-corrected chi connectivity index (χ2v) is 6.21. The van der Waals surface area contributed by atoms with Crippen molar-refractivity contribution in [3.8, 4) is 0 Å². The summed E-state index contributed by atoms with van der Waals surface area (Å²) in [6.07, 6.45) is 1.66. The SMILES string of the molecule is Cc1cc(C(=O)NCc2noc([C@@H]3CCCO3)n2)c2ccc(F)cc2n1. The van der Waals surface area contributed by atoms with E-state index in [4.69, 9.17) is 9.26 Å². The highest BCUT2D eigenvalue weighted by Gasteiger charge is 2.24. The van der Waals surface area contributed by atoms with Gasteiger partial charge in [-0.3, -0.25) is 9.78 Å². The predicted molar refractivity (Wildman–Crippen MR) is 89.8 cm³/mol. The van der Waals surface area contributed by atoms with E-state index in [0.717, 1.165) is 12.8 Å². The van der Waals surface area contributed by atoms with E-state index in [1.54, 1.807) is 19.1 Å². The maximum absolute atomic E-state index is 13.4. The number of rotatable bonds is 4. The largest absolute Gasteiger partial charge is 0.368 e. The van der Waals surface area contributed by atoms with E-state index < -0.39 is 5.82 Å². The highest BCUT2D eigenvalue weighted by atomic mass is 19.1. The molecule has 7 nitrogen and oxygen atoms in total. The molecule has 0 radical (unpaired) electrons. The zero-order chi connectivity index (χ0) is 18.1. The number of halogens is 1. The number of hydrogen-bond donors (Lipinski definition) is 1. The molecule has 26 heavy (non-hydrogen) atoms. The Hall–Kier alpha value is -2.87. The fraction of sp³-hybridized carbons (Fsp3) is 0.333. The Balaban J connectivity index is 1.51. The molecule has 1 aromatic carbocycles. The number of ether oxygens (including phenoxy) is 1. The average Bonchev–Trinajstić information content (AvgIpc) is 3.29. The van der Waals surface area contributed by atoms with E-state index in [2.05, 4.69) is 20.4 Å². The number of carbonyl (C=O) groups excluding carboxylic acids is 1. The van der Waals surface area contributed by atoms with Gasteiger partial charge in [-0.1, -0.05) is 5.16 Å². The van der Waals surface area contributed by atoms with Crippen molar-refractivity contribution in [1.82, 2.24) is 20.4 Å². The van der Waals surface area contributed by atoms with E-state index in [1.807, 2.05) is 0 Å². The average molecular weight is 356 g/mol. The number of aryl methyl sites for hydroxylation is 1. The van der Waals surface area contributed by atoms with Gasteiger partial charge in [0.1, 0.15) is 11.9 Å². The summed E-state index contributed by atoms with van der Waals surface area (Å²) in [5.41, 5.74) is 1.50. The lowest BCUT2D eigenvalue weighted by Gasteiger charge is -2.08. The molecule has 1 N–H and O–H groups in total. The number of aromatic nitrogens is 3. The third-order valence-corrected chi connectivity index (χ3v) is 4.24. The van der Waals surface area contributed by atoms with E-state index in [0.29, 0.717) is 40.5 Å². The third-order valence-electron chi connectivity index (χ3n) is 4.24. The van der Waals surface area contributed by atoms with Gasteiger partial charge in [-0.05, 0) is 38.0 Å². The molecule has 3 heterocycles. The van der Waals surface area contributed by atoms with Crippen LogP contribution >= 0.6 is 0 Å². The molecular formula is C18H17FN4O3. The molecule has 1 atom stereocenters. The van der Waals surface area contributed by atoms with Gasteiger partial charge in [0.25, 0.3) is 11.8 Å². The van der Waals surface area contributed by atoms with Gasteiger partial charge in [-0.25, -0.2) is 4.39 Å². The number of hydrogen-bond acceptors (Lipinski definition) is 6. The maximum atomic E-state index is 13.4. The first-order valence-corrected chi connectivity index (χ1v) is 8.39. The van der Waals surface area contributed by atoms with Crippen molar-refractivity contribution < 1.29 is 18.4 Å². The van der Waals surface area contributed by atoms with Crippen molar-refractivity contribution in [3.05, 3.63) is 53.1 Å². The summed E-state index contributed by atoms with van der Waals surface area (Å²) in [6.45, 7) is 2.57. The summed E-state index contributed by atoms with van der Waals surface area (Å²) < 4.78 is 24.1. The Kier molecular flexibility index (Phi) is 4.34. The van der Waals surface area contributed by atoms with Gasteiger partial charge in [0, 0.05) is 23.8 Å². The molecule has 1 fully saturated rings. The summed E-state index contributed by atoms with van der Waals surface area (Å²) in [4.78, 5) is 21.1. The lowest BCUT2D eigenvalue weighted by atomic mass is 10.1. The molecule has 0 unspecified atom stereocenters. The molecule has 1 aliphatic rings. The summed E-state index contributed by atoms with van der Waals surface area (Å²) in [5.74, 6) is 0.114. The van der Waals surface area contributed by atoms with Crippen LogP contribution in [0.3, 0.4) is 0 Å².